The molecule has 29 heavy (non-hydrogen) atoms. The van der Waals surface area contributed by atoms with Crippen LogP contribution in [0.3, 0.4) is 0 Å². The molecule has 0 aliphatic carbocycles. The van der Waals surface area contributed by atoms with E-state index in [0.717, 1.165) is 5.56 Å². The Balaban J connectivity index is 1.80. The van der Waals surface area contributed by atoms with Crippen molar-refractivity contribution < 1.29 is 17.6 Å². The molecule has 0 saturated heterocycles. The first-order valence-corrected chi connectivity index (χ1v) is 10.5. The lowest BCUT2D eigenvalue weighted by atomic mass is 10.0. The molecule has 7 heteroatoms. The number of sulfonamides is 1. The fraction of sp³-hybridized carbons (Fsp3) is 0.136. The number of hydrogen-bond acceptors (Lipinski definition) is 3. The molecule has 1 amide bonds. The predicted octanol–water partition coefficient (Wildman–Crippen LogP) is 4.18. The summed E-state index contributed by atoms with van der Waals surface area (Å²) in [7, 11) is -3.83. The van der Waals surface area contributed by atoms with Crippen LogP contribution in [0.25, 0.3) is 0 Å². The summed E-state index contributed by atoms with van der Waals surface area (Å²) >= 11 is 0. The van der Waals surface area contributed by atoms with Gasteiger partial charge in [0.25, 0.3) is 0 Å². The van der Waals surface area contributed by atoms with Crippen molar-refractivity contribution in [2.75, 3.05) is 5.32 Å². The third-order valence-corrected chi connectivity index (χ3v) is 5.84. The Labute approximate surface area is 169 Å². The van der Waals surface area contributed by atoms with Gasteiger partial charge in [0.2, 0.25) is 15.9 Å². The van der Waals surface area contributed by atoms with Gasteiger partial charge in [0.1, 0.15) is 5.82 Å². The summed E-state index contributed by atoms with van der Waals surface area (Å²) in [5, 5.41) is 2.66. The highest BCUT2D eigenvalue weighted by Gasteiger charge is 2.23. The van der Waals surface area contributed by atoms with E-state index in [-0.39, 0.29) is 11.3 Å². The van der Waals surface area contributed by atoms with Crippen LogP contribution in [0, 0.1) is 12.7 Å². The highest BCUT2D eigenvalue weighted by atomic mass is 32.2. The molecular formula is C22H21FN2O3S. The molecule has 5 nitrogen and oxygen atoms in total. The minimum atomic E-state index is -3.83. The summed E-state index contributed by atoms with van der Waals surface area (Å²) in [6.45, 7) is 1.87. The van der Waals surface area contributed by atoms with Crippen molar-refractivity contribution in [1.82, 2.24) is 4.72 Å². The number of hydrogen-bond donors (Lipinski definition) is 2. The fourth-order valence-electron chi connectivity index (χ4n) is 2.82. The van der Waals surface area contributed by atoms with E-state index >= 15 is 0 Å². The van der Waals surface area contributed by atoms with Gasteiger partial charge in [-0.2, -0.15) is 0 Å². The van der Waals surface area contributed by atoms with E-state index in [1.165, 1.54) is 36.4 Å². The van der Waals surface area contributed by atoms with Crippen molar-refractivity contribution >= 4 is 21.6 Å². The lowest BCUT2D eigenvalue weighted by molar-refractivity contribution is -0.116. The number of nitrogens with one attached hydrogen (secondary N) is 2. The second-order valence-electron chi connectivity index (χ2n) is 6.66. The number of benzene rings is 3. The number of carbonyl (C=O) groups is 1. The second-order valence-corrected chi connectivity index (χ2v) is 8.37. The Morgan fingerprint density at radius 3 is 2.17 bits per heavy atom. The molecule has 3 aromatic carbocycles. The molecule has 0 fully saturated rings. The second kappa shape index (κ2) is 8.98. The Morgan fingerprint density at radius 2 is 1.55 bits per heavy atom. The van der Waals surface area contributed by atoms with E-state index in [1.807, 2.05) is 13.0 Å². The predicted molar refractivity (Wildman–Crippen MR) is 110 cm³/mol. The summed E-state index contributed by atoms with van der Waals surface area (Å²) in [6, 6.07) is 20.0. The van der Waals surface area contributed by atoms with Crippen LogP contribution in [0.5, 0.6) is 0 Å². The molecule has 0 aromatic heterocycles. The Kier molecular flexibility index (Phi) is 6.41. The molecule has 0 bridgehead atoms. The minimum Gasteiger partial charge on any atom is -0.326 e. The number of carbonyl (C=O) groups excluding carboxylic acids is 1. The van der Waals surface area contributed by atoms with Crippen LogP contribution < -0.4 is 10.0 Å². The maximum Gasteiger partial charge on any atom is 0.241 e. The molecule has 3 aromatic rings. The van der Waals surface area contributed by atoms with E-state index in [4.69, 9.17) is 0 Å². The molecule has 0 unspecified atom stereocenters. The van der Waals surface area contributed by atoms with Crippen LogP contribution in [0.4, 0.5) is 10.1 Å². The van der Waals surface area contributed by atoms with Crippen molar-refractivity contribution in [3.63, 3.8) is 0 Å². The molecule has 150 valence electrons. The van der Waals surface area contributed by atoms with Gasteiger partial charge in [0.15, 0.2) is 0 Å². The molecule has 2 N–H and O–H groups in total. The Hall–Kier alpha value is -3.03. The van der Waals surface area contributed by atoms with Crippen molar-refractivity contribution in [2.45, 2.75) is 24.3 Å². The molecule has 1 atom stereocenters. The zero-order chi connectivity index (χ0) is 20.9. The summed E-state index contributed by atoms with van der Waals surface area (Å²) < 4.78 is 41.3. The number of aryl methyl sites for hydroxylation is 1. The van der Waals surface area contributed by atoms with Gasteiger partial charge in [-0.25, -0.2) is 17.5 Å². The Bertz CT molecular complexity index is 1070. The lowest BCUT2D eigenvalue weighted by Crippen LogP contribution is -2.31. The first kappa shape index (κ1) is 20.7. The summed E-state index contributed by atoms with van der Waals surface area (Å²) in [4.78, 5) is 12.6. The van der Waals surface area contributed by atoms with E-state index in [9.17, 15) is 17.6 Å². The molecule has 3 rings (SSSR count). The van der Waals surface area contributed by atoms with Gasteiger partial charge < -0.3 is 5.32 Å². The molecule has 0 aliphatic heterocycles. The highest BCUT2D eigenvalue weighted by Crippen LogP contribution is 2.22. The minimum absolute atomic E-state index is 0.119. The number of rotatable bonds is 7. The first-order chi connectivity index (χ1) is 13.8. The average molecular weight is 412 g/mol. The average Bonchev–Trinajstić information content (AvgIpc) is 2.70. The van der Waals surface area contributed by atoms with E-state index in [0.29, 0.717) is 11.3 Å². The SMILES string of the molecule is Cc1ccc(S(=O)(=O)N[C@H](CC(=O)Nc2ccc(F)cc2)c2ccccc2)cc1. The smallest absolute Gasteiger partial charge is 0.241 e. The third-order valence-electron chi connectivity index (χ3n) is 4.35. The molecule has 0 heterocycles. The van der Waals surface area contributed by atoms with Crippen LogP contribution in [-0.2, 0) is 14.8 Å². The zero-order valence-electron chi connectivity index (χ0n) is 15.8. The van der Waals surface area contributed by atoms with Gasteiger partial charge in [-0.1, -0.05) is 48.0 Å². The van der Waals surface area contributed by atoms with Crippen molar-refractivity contribution in [2.24, 2.45) is 0 Å². The van der Waals surface area contributed by atoms with Crippen molar-refractivity contribution in [3.05, 3.63) is 95.8 Å². The molecular weight excluding hydrogens is 391 g/mol. The first-order valence-electron chi connectivity index (χ1n) is 9.03. The van der Waals surface area contributed by atoms with Gasteiger partial charge in [0, 0.05) is 12.1 Å². The number of amides is 1. The quantitative estimate of drug-likeness (QED) is 0.611. The highest BCUT2D eigenvalue weighted by molar-refractivity contribution is 7.89. The summed E-state index contributed by atoms with van der Waals surface area (Å²) in [5.74, 6) is -0.798. The van der Waals surface area contributed by atoms with Crippen LogP contribution in [-0.4, -0.2) is 14.3 Å². The van der Waals surface area contributed by atoms with E-state index in [1.54, 1.807) is 36.4 Å². The monoisotopic (exact) mass is 412 g/mol. The van der Waals surface area contributed by atoms with Crippen molar-refractivity contribution in [1.29, 1.82) is 0 Å². The standard InChI is InChI=1S/C22H21FN2O3S/c1-16-7-13-20(14-8-16)29(27,28)25-21(17-5-3-2-4-6-17)15-22(26)24-19-11-9-18(23)10-12-19/h2-14,21,25H,15H2,1H3,(H,24,26)/t21-/m1/s1. The van der Waals surface area contributed by atoms with E-state index in [2.05, 4.69) is 10.0 Å². The largest absolute Gasteiger partial charge is 0.326 e. The topological polar surface area (TPSA) is 75.3 Å². The van der Waals surface area contributed by atoms with Gasteiger partial charge >= 0.3 is 0 Å². The molecule has 0 saturated carbocycles. The van der Waals surface area contributed by atoms with Gasteiger partial charge in [-0.3, -0.25) is 4.79 Å². The van der Waals surface area contributed by atoms with Crippen LogP contribution >= 0.6 is 0 Å². The number of anilines is 1. The van der Waals surface area contributed by atoms with E-state index < -0.39 is 27.8 Å². The lowest BCUT2D eigenvalue weighted by Gasteiger charge is -2.19. The number of halogens is 1. The normalized spacial score (nSPS) is 12.3. The maximum absolute atomic E-state index is 13.0. The van der Waals surface area contributed by atoms with Gasteiger partial charge in [0.05, 0.1) is 10.9 Å². The van der Waals surface area contributed by atoms with Crippen LogP contribution in [0.15, 0.2) is 83.8 Å². The summed E-state index contributed by atoms with van der Waals surface area (Å²) in [6.07, 6.45) is -0.119. The fourth-order valence-corrected chi connectivity index (χ4v) is 4.04. The molecule has 0 aliphatic rings. The Morgan fingerprint density at radius 1 is 0.931 bits per heavy atom. The van der Waals surface area contributed by atoms with Crippen LogP contribution in [0.2, 0.25) is 0 Å². The van der Waals surface area contributed by atoms with Gasteiger partial charge in [-0.15, -0.1) is 0 Å². The van der Waals surface area contributed by atoms with Gasteiger partial charge in [-0.05, 0) is 48.9 Å². The van der Waals surface area contributed by atoms with Crippen LogP contribution in [0.1, 0.15) is 23.6 Å². The molecule has 0 radical (unpaired) electrons. The maximum atomic E-state index is 13.0. The third kappa shape index (κ3) is 5.73. The van der Waals surface area contributed by atoms with Crippen molar-refractivity contribution in [3.8, 4) is 0 Å². The summed E-state index contributed by atoms with van der Waals surface area (Å²) in [5.41, 5.74) is 2.05. The molecule has 0 spiro atoms. The zero-order valence-corrected chi connectivity index (χ0v) is 16.6.